The summed E-state index contributed by atoms with van der Waals surface area (Å²) in [5, 5.41) is 19.9. The van der Waals surface area contributed by atoms with Crippen LogP contribution in [0, 0.1) is 0 Å². The lowest BCUT2D eigenvalue weighted by atomic mass is 9.91. The number of carboxylic acids is 1. The van der Waals surface area contributed by atoms with Crippen LogP contribution in [0.25, 0.3) is 0 Å². The fourth-order valence-corrected chi connectivity index (χ4v) is 1.77. The quantitative estimate of drug-likeness (QED) is 0.605. The third kappa shape index (κ3) is 4.60. The van der Waals surface area contributed by atoms with Crippen LogP contribution in [0.1, 0.15) is 32.1 Å². The molecule has 0 radical (unpaired) electrons. The van der Waals surface area contributed by atoms with Crippen LogP contribution in [0.4, 0.5) is 4.79 Å². The SMILES string of the molecule is O=C(O)CCNC(=O)N(CCCO)C1CCC1. The maximum Gasteiger partial charge on any atom is 0.317 e. The highest BCUT2D eigenvalue weighted by Crippen LogP contribution is 2.24. The lowest BCUT2D eigenvalue weighted by Gasteiger charge is -2.37. The smallest absolute Gasteiger partial charge is 0.317 e. The first kappa shape index (κ1) is 13.8. The van der Waals surface area contributed by atoms with E-state index in [1.807, 2.05) is 0 Å². The molecule has 0 aliphatic heterocycles. The molecule has 3 N–H and O–H groups in total. The van der Waals surface area contributed by atoms with Crippen molar-refractivity contribution in [3.8, 4) is 0 Å². The minimum absolute atomic E-state index is 0.0611. The molecule has 6 nitrogen and oxygen atoms in total. The van der Waals surface area contributed by atoms with Crippen molar-refractivity contribution in [1.29, 1.82) is 0 Å². The van der Waals surface area contributed by atoms with Crippen molar-refractivity contribution in [2.75, 3.05) is 19.7 Å². The molecule has 0 aromatic heterocycles. The number of aliphatic carboxylic acids is 1. The number of urea groups is 1. The van der Waals surface area contributed by atoms with Gasteiger partial charge in [-0.3, -0.25) is 4.79 Å². The molecule has 0 atom stereocenters. The summed E-state index contributed by atoms with van der Waals surface area (Å²) in [6.07, 6.45) is 3.62. The van der Waals surface area contributed by atoms with Gasteiger partial charge in [0.2, 0.25) is 0 Å². The van der Waals surface area contributed by atoms with Gasteiger partial charge in [0.15, 0.2) is 0 Å². The highest BCUT2D eigenvalue weighted by Gasteiger charge is 2.28. The average molecular weight is 244 g/mol. The van der Waals surface area contributed by atoms with Crippen LogP contribution < -0.4 is 5.32 Å². The van der Waals surface area contributed by atoms with Crippen LogP contribution in [0.5, 0.6) is 0 Å². The van der Waals surface area contributed by atoms with Gasteiger partial charge in [-0.25, -0.2) is 4.79 Å². The first-order valence-electron chi connectivity index (χ1n) is 6.02. The summed E-state index contributed by atoms with van der Waals surface area (Å²) < 4.78 is 0. The fourth-order valence-electron chi connectivity index (χ4n) is 1.77. The van der Waals surface area contributed by atoms with Crippen LogP contribution >= 0.6 is 0 Å². The minimum Gasteiger partial charge on any atom is -0.481 e. The van der Waals surface area contributed by atoms with E-state index < -0.39 is 5.97 Å². The van der Waals surface area contributed by atoms with Gasteiger partial charge in [-0.1, -0.05) is 0 Å². The second-order valence-corrected chi connectivity index (χ2v) is 4.23. The molecule has 17 heavy (non-hydrogen) atoms. The molecule has 6 heteroatoms. The summed E-state index contributed by atoms with van der Waals surface area (Å²) in [6.45, 7) is 0.738. The summed E-state index contributed by atoms with van der Waals surface area (Å²) in [5.41, 5.74) is 0. The summed E-state index contributed by atoms with van der Waals surface area (Å²) >= 11 is 0. The number of aliphatic hydroxyl groups excluding tert-OH is 1. The van der Waals surface area contributed by atoms with Crippen LogP contribution in [-0.4, -0.2) is 52.9 Å². The fraction of sp³-hybridized carbons (Fsp3) is 0.818. The minimum atomic E-state index is -0.921. The van der Waals surface area contributed by atoms with Crippen molar-refractivity contribution in [3.63, 3.8) is 0 Å². The number of aliphatic hydroxyl groups is 1. The molecule has 0 spiro atoms. The Labute approximate surface area is 101 Å². The van der Waals surface area contributed by atoms with Crippen molar-refractivity contribution in [2.24, 2.45) is 0 Å². The number of amides is 2. The Bertz CT molecular complexity index is 266. The third-order valence-corrected chi connectivity index (χ3v) is 2.95. The molecule has 98 valence electrons. The standard InChI is InChI=1S/C11H20N2O4/c14-8-2-7-13(9-3-1-4-9)11(17)12-6-5-10(15)16/h9,14H,1-8H2,(H,12,17)(H,15,16). The maximum absolute atomic E-state index is 11.8. The zero-order chi connectivity index (χ0) is 12.7. The van der Waals surface area contributed by atoms with Gasteiger partial charge in [0.25, 0.3) is 0 Å². The molecule has 1 fully saturated rings. The van der Waals surface area contributed by atoms with Crippen molar-refractivity contribution in [3.05, 3.63) is 0 Å². The molecule has 0 heterocycles. The molecule has 1 aliphatic carbocycles. The van der Waals surface area contributed by atoms with E-state index in [-0.39, 0.29) is 31.6 Å². The van der Waals surface area contributed by atoms with Crippen molar-refractivity contribution < 1.29 is 19.8 Å². The van der Waals surface area contributed by atoms with E-state index in [4.69, 9.17) is 10.2 Å². The van der Waals surface area contributed by atoms with E-state index >= 15 is 0 Å². The van der Waals surface area contributed by atoms with Crippen molar-refractivity contribution >= 4 is 12.0 Å². The molecular formula is C11H20N2O4. The third-order valence-electron chi connectivity index (χ3n) is 2.95. The molecule has 0 unspecified atom stereocenters. The van der Waals surface area contributed by atoms with Gasteiger partial charge in [0.1, 0.15) is 0 Å². The molecule has 1 saturated carbocycles. The average Bonchev–Trinajstić information content (AvgIpc) is 2.20. The van der Waals surface area contributed by atoms with Gasteiger partial charge in [-0.2, -0.15) is 0 Å². The molecule has 0 aromatic rings. The number of nitrogens with one attached hydrogen (secondary N) is 1. The molecule has 1 rings (SSSR count). The summed E-state index contributed by atoms with van der Waals surface area (Å²) in [4.78, 5) is 23.8. The number of nitrogens with zero attached hydrogens (tertiary/aromatic N) is 1. The first-order chi connectivity index (χ1) is 8.15. The molecule has 0 saturated heterocycles. The normalized spacial score (nSPS) is 15.1. The van der Waals surface area contributed by atoms with Crippen LogP contribution in [0.15, 0.2) is 0 Å². The number of carbonyl (C=O) groups excluding carboxylic acids is 1. The zero-order valence-corrected chi connectivity index (χ0v) is 9.89. The zero-order valence-electron chi connectivity index (χ0n) is 9.89. The number of carboxylic acid groups (broad SMARTS) is 1. The van der Waals surface area contributed by atoms with Gasteiger partial charge < -0.3 is 20.4 Å². The lowest BCUT2D eigenvalue weighted by Crippen LogP contribution is -2.49. The molecule has 2 amide bonds. The van der Waals surface area contributed by atoms with Gasteiger partial charge in [-0.15, -0.1) is 0 Å². The Morgan fingerprint density at radius 3 is 2.53 bits per heavy atom. The Kier molecular flexibility index (Phi) is 5.76. The lowest BCUT2D eigenvalue weighted by molar-refractivity contribution is -0.136. The van der Waals surface area contributed by atoms with Gasteiger partial charge in [-0.05, 0) is 25.7 Å². The number of carbonyl (C=O) groups is 2. The van der Waals surface area contributed by atoms with E-state index in [0.29, 0.717) is 13.0 Å². The summed E-state index contributed by atoms with van der Waals surface area (Å²) in [5.74, 6) is -0.921. The van der Waals surface area contributed by atoms with Crippen LogP contribution in [-0.2, 0) is 4.79 Å². The molecular weight excluding hydrogens is 224 g/mol. The van der Waals surface area contributed by atoms with Gasteiger partial charge >= 0.3 is 12.0 Å². The predicted molar refractivity (Wildman–Crippen MR) is 61.7 cm³/mol. The summed E-state index contributed by atoms with van der Waals surface area (Å²) in [7, 11) is 0. The van der Waals surface area contributed by atoms with E-state index in [2.05, 4.69) is 5.32 Å². The van der Waals surface area contributed by atoms with E-state index in [0.717, 1.165) is 19.3 Å². The Hall–Kier alpha value is -1.30. The molecule has 0 aromatic carbocycles. The van der Waals surface area contributed by atoms with Gasteiger partial charge in [0.05, 0.1) is 6.42 Å². The van der Waals surface area contributed by atoms with Crippen LogP contribution in [0.2, 0.25) is 0 Å². The maximum atomic E-state index is 11.8. The van der Waals surface area contributed by atoms with Gasteiger partial charge in [0, 0.05) is 25.7 Å². The number of rotatable bonds is 7. The van der Waals surface area contributed by atoms with Crippen molar-refractivity contribution in [1.82, 2.24) is 10.2 Å². The largest absolute Gasteiger partial charge is 0.481 e. The highest BCUT2D eigenvalue weighted by molar-refractivity contribution is 5.75. The summed E-state index contributed by atoms with van der Waals surface area (Å²) in [6, 6.07) is 0.0378. The Morgan fingerprint density at radius 1 is 1.35 bits per heavy atom. The van der Waals surface area contributed by atoms with Crippen molar-refractivity contribution in [2.45, 2.75) is 38.1 Å². The second-order valence-electron chi connectivity index (χ2n) is 4.23. The van der Waals surface area contributed by atoms with E-state index in [1.165, 1.54) is 0 Å². The highest BCUT2D eigenvalue weighted by atomic mass is 16.4. The van der Waals surface area contributed by atoms with E-state index in [1.54, 1.807) is 4.90 Å². The molecule has 1 aliphatic rings. The monoisotopic (exact) mass is 244 g/mol. The number of hydrogen-bond donors (Lipinski definition) is 3. The second kappa shape index (κ2) is 7.11. The first-order valence-corrected chi connectivity index (χ1v) is 6.02. The number of hydrogen-bond acceptors (Lipinski definition) is 3. The van der Waals surface area contributed by atoms with E-state index in [9.17, 15) is 9.59 Å². The topological polar surface area (TPSA) is 89.9 Å². The van der Waals surface area contributed by atoms with Crippen LogP contribution in [0.3, 0.4) is 0 Å². The Morgan fingerprint density at radius 2 is 2.06 bits per heavy atom. The predicted octanol–water partition coefficient (Wildman–Crippen LogP) is 0.408. The Balaban J connectivity index is 2.33. The molecule has 0 bridgehead atoms.